The largest absolute Gasteiger partial charge is 0.611 e. The molecule has 1 atom stereocenters. The van der Waals surface area contributed by atoms with E-state index in [2.05, 4.69) is 5.43 Å². The van der Waals surface area contributed by atoms with Gasteiger partial charge in [0.15, 0.2) is 0 Å². The summed E-state index contributed by atoms with van der Waals surface area (Å²) < 4.78 is 0. The van der Waals surface area contributed by atoms with Crippen molar-refractivity contribution in [3.63, 3.8) is 0 Å². The molecule has 0 saturated heterocycles. The highest BCUT2D eigenvalue weighted by Crippen LogP contribution is 1.95. The van der Waals surface area contributed by atoms with Crippen LogP contribution in [0.1, 0.15) is 34.6 Å². The zero-order valence-electron chi connectivity index (χ0n) is 7.86. The molecule has 0 heterocycles. The van der Waals surface area contributed by atoms with Gasteiger partial charge < -0.3 is 10.3 Å². The molecule has 4 heteroatoms. The summed E-state index contributed by atoms with van der Waals surface area (Å²) in [6.07, 6.45) is 0. The van der Waals surface area contributed by atoms with Gasteiger partial charge >= 0.3 is 0 Å². The molecule has 0 aliphatic carbocycles. The van der Waals surface area contributed by atoms with Crippen molar-refractivity contribution in [1.29, 1.82) is 0 Å². The molecule has 68 valence electrons. The van der Waals surface area contributed by atoms with Crippen molar-refractivity contribution in [1.82, 2.24) is 5.43 Å². The van der Waals surface area contributed by atoms with Crippen LogP contribution in [0, 0.1) is 5.21 Å². The maximum atomic E-state index is 11.1. The first kappa shape index (κ1) is 10.8. The Morgan fingerprint density at radius 2 is 1.55 bits per heavy atom. The van der Waals surface area contributed by atoms with Gasteiger partial charge in [-0.2, -0.15) is 5.43 Å². The predicted molar refractivity (Wildman–Crippen MR) is 43.5 cm³/mol. The van der Waals surface area contributed by atoms with Crippen LogP contribution in [0.4, 0.5) is 0 Å². The van der Waals surface area contributed by atoms with Crippen molar-refractivity contribution in [3.05, 3.63) is 5.21 Å². The minimum atomic E-state index is -1.28. The van der Waals surface area contributed by atoms with Crippen LogP contribution in [-0.4, -0.2) is 16.4 Å². The average molecular weight is 162 g/mol. The lowest BCUT2D eigenvalue weighted by Crippen LogP contribution is -3.22. The van der Waals surface area contributed by atoms with Crippen LogP contribution in [0.3, 0.4) is 0 Å². The van der Waals surface area contributed by atoms with E-state index in [0.29, 0.717) is 0 Å². The normalized spacial score (nSPS) is 16.6. The molecule has 1 unspecified atom stereocenters. The van der Waals surface area contributed by atoms with E-state index in [0.717, 1.165) is 0 Å². The van der Waals surface area contributed by atoms with Crippen LogP contribution in [0.25, 0.3) is 0 Å². The molecule has 0 bridgehead atoms. The van der Waals surface area contributed by atoms with E-state index in [4.69, 9.17) is 0 Å². The number of hydrogen-bond acceptors (Lipinski definition) is 3. The van der Waals surface area contributed by atoms with Crippen LogP contribution < -0.4 is 10.6 Å². The molecule has 0 fully saturated rings. The van der Waals surface area contributed by atoms with Crippen molar-refractivity contribution in [2.75, 3.05) is 0 Å². The summed E-state index contributed by atoms with van der Waals surface area (Å²) in [7, 11) is 0. The van der Waals surface area contributed by atoms with Gasteiger partial charge in [0.05, 0.1) is 5.54 Å². The Balaban J connectivity index is 3.99. The van der Waals surface area contributed by atoms with Crippen LogP contribution >= 0.6 is 0 Å². The van der Waals surface area contributed by atoms with Crippen molar-refractivity contribution < 1.29 is 10.3 Å². The topological polar surface area (TPSA) is 59.8 Å². The average Bonchev–Trinajstić information content (AvgIpc) is 1.56. The van der Waals surface area contributed by atoms with Gasteiger partial charge in [-0.25, -0.2) is 0 Å². The molecule has 0 aliphatic rings. The molecule has 0 rings (SSSR count). The molecule has 3 N–H and O–H groups in total. The third-order valence-electron chi connectivity index (χ3n) is 1.04. The van der Waals surface area contributed by atoms with Gasteiger partial charge in [0, 0.05) is 13.8 Å². The van der Waals surface area contributed by atoms with Gasteiger partial charge in [0.2, 0.25) is 5.72 Å². The Morgan fingerprint density at radius 1 is 1.18 bits per heavy atom. The number of quaternary nitrogens is 1. The fourth-order valence-electron chi connectivity index (χ4n) is 0.494. The van der Waals surface area contributed by atoms with Crippen LogP contribution in [-0.2, 0) is 0 Å². The van der Waals surface area contributed by atoms with Gasteiger partial charge in [0.25, 0.3) is 0 Å². The fraction of sp³-hybridized carbons (Fsp3) is 1.00. The molecular formula is C7H18N2O2. The maximum absolute atomic E-state index is 11.1. The third kappa shape index (κ3) is 5.15. The predicted octanol–water partition coefficient (Wildman–Crippen LogP) is -0.599. The number of hydroxylamine groups is 1. The summed E-state index contributed by atoms with van der Waals surface area (Å²) in [5.41, 5.74) is 1.11. The van der Waals surface area contributed by atoms with Crippen molar-refractivity contribution >= 4 is 0 Å². The van der Waals surface area contributed by atoms with Gasteiger partial charge in [-0.3, -0.25) is 5.17 Å². The van der Waals surface area contributed by atoms with Gasteiger partial charge in [-0.15, -0.1) is 0 Å². The van der Waals surface area contributed by atoms with Crippen LogP contribution in [0.15, 0.2) is 0 Å². The van der Waals surface area contributed by atoms with Gasteiger partial charge in [-0.05, 0) is 20.8 Å². The number of aliphatic hydroxyl groups is 1. The van der Waals surface area contributed by atoms with Crippen molar-refractivity contribution in [2.24, 2.45) is 0 Å². The Labute approximate surface area is 67.8 Å². The monoisotopic (exact) mass is 162 g/mol. The molecule has 0 aliphatic heterocycles. The molecule has 0 saturated carbocycles. The lowest BCUT2D eigenvalue weighted by Gasteiger charge is -2.37. The molecule has 0 spiro atoms. The SMILES string of the molecule is CC(C)(C)N[NH+]([O-])C(C)(C)O. The lowest BCUT2D eigenvalue weighted by atomic mass is 10.1. The second-order valence-electron chi connectivity index (χ2n) is 4.26. The summed E-state index contributed by atoms with van der Waals surface area (Å²) >= 11 is 0. The van der Waals surface area contributed by atoms with Crippen molar-refractivity contribution in [3.8, 4) is 0 Å². The Morgan fingerprint density at radius 3 is 1.64 bits per heavy atom. The molecule has 0 aromatic heterocycles. The first-order valence-electron chi connectivity index (χ1n) is 3.68. The summed E-state index contributed by atoms with van der Waals surface area (Å²) in [6.45, 7) is 8.55. The molecule has 0 aromatic rings. The molecule has 4 nitrogen and oxygen atoms in total. The molecule has 0 radical (unpaired) electrons. The number of nitrogens with one attached hydrogen (secondary N) is 2. The quantitative estimate of drug-likeness (QED) is 0.375. The first-order valence-corrected chi connectivity index (χ1v) is 3.68. The summed E-state index contributed by atoms with van der Waals surface area (Å²) in [4.78, 5) is 0. The Hall–Kier alpha value is -0.160. The zero-order chi connectivity index (χ0) is 9.28. The smallest absolute Gasteiger partial charge is 0.210 e. The fourth-order valence-corrected chi connectivity index (χ4v) is 0.494. The van der Waals surface area contributed by atoms with Crippen LogP contribution in [0.5, 0.6) is 0 Å². The summed E-state index contributed by atoms with van der Waals surface area (Å²) in [5, 5.41) is 20.0. The molecule has 0 aromatic carbocycles. The first-order chi connectivity index (χ1) is 4.63. The van der Waals surface area contributed by atoms with Gasteiger partial charge in [-0.1, -0.05) is 0 Å². The molecule has 11 heavy (non-hydrogen) atoms. The van der Waals surface area contributed by atoms with E-state index in [-0.39, 0.29) is 10.7 Å². The highest BCUT2D eigenvalue weighted by atomic mass is 16.6. The zero-order valence-corrected chi connectivity index (χ0v) is 7.86. The number of rotatable bonds is 2. The minimum Gasteiger partial charge on any atom is -0.611 e. The van der Waals surface area contributed by atoms with Crippen LogP contribution in [0.2, 0.25) is 0 Å². The minimum absolute atomic E-state index is 0.281. The highest BCUT2D eigenvalue weighted by molar-refractivity contribution is 4.63. The maximum Gasteiger partial charge on any atom is 0.210 e. The Bertz CT molecular complexity index is 123. The summed E-state index contributed by atoms with van der Waals surface area (Å²) in [5.74, 6) is 0. The molecular weight excluding hydrogens is 144 g/mol. The van der Waals surface area contributed by atoms with E-state index in [1.807, 2.05) is 20.8 Å². The standard InChI is InChI=1S/C7H18N2O2/c1-6(2,3)8-9(11)7(4,5)10/h8-10H,1-5H3. The third-order valence-corrected chi connectivity index (χ3v) is 1.04. The van der Waals surface area contributed by atoms with Gasteiger partial charge in [0.1, 0.15) is 0 Å². The molecule has 0 amide bonds. The van der Waals surface area contributed by atoms with E-state index in [1.54, 1.807) is 0 Å². The Kier molecular flexibility index (Phi) is 3.02. The van der Waals surface area contributed by atoms with Crippen molar-refractivity contribution in [2.45, 2.75) is 45.9 Å². The van der Waals surface area contributed by atoms with E-state index >= 15 is 0 Å². The highest BCUT2D eigenvalue weighted by Gasteiger charge is 2.24. The second kappa shape index (κ2) is 3.06. The van der Waals surface area contributed by atoms with E-state index in [1.165, 1.54) is 13.8 Å². The van der Waals surface area contributed by atoms with E-state index in [9.17, 15) is 10.3 Å². The summed E-state index contributed by atoms with van der Waals surface area (Å²) in [6, 6.07) is 0. The number of hydrogen-bond donors (Lipinski definition) is 3. The van der Waals surface area contributed by atoms with E-state index < -0.39 is 5.72 Å². The lowest BCUT2D eigenvalue weighted by molar-refractivity contribution is -0.975. The second-order valence-corrected chi connectivity index (χ2v) is 4.26.